The summed E-state index contributed by atoms with van der Waals surface area (Å²) >= 11 is 0. The van der Waals surface area contributed by atoms with E-state index in [1.54, 1.807) is 0 Å². The van der Waals surface area contributed by atoms with Gasteiger partial charge in [-0.05, 0) is 0 Å². The Morgan fingerprint density at radius 2 is 0.773 bits per heavy atom. The molecule has 1 radical (unpaired) electrons. The van der Waals surface area contributed by atoms with Crippen molar-refractivity contribution in [2.24, 2.45) is 0 Å². The molecule has 22 heavy (non-hydrogen) atoms. The van der Waals surface area contributed by atoms with Gasteiger partial charge in [-0.25, -0.2) is 0 Å². The van der Waals surface area contributed by atoms with Gasteiger partial charge in [0, 0.05) is 0 Å². The zero-order chi connectivity index (χ0) is 15.2. The van der Waals surface area contributed by atoms with Crippen molar-refractivity contribution in [3.05, 3.63) is 0 Å². The molecular weight excluding hydrogens is 435 g/mol. The molecule has 0 heterocycles. The fraction of sp³-hybridized carbons (Fsp3) is 0. The van der Waals surface area contributed by atoms with Crippen LogP contribution in [0.15, 0.2) is 0 Å². The van der Waals surface area contributed by atoms with Gasteiger partial charge in [0.15, 0.2) is 0 Å². The Kier molecular flexibility index (Phi) is 21.8. The van der Waals surface area contributed by atoms with E-state index in [1.165, 1.54) is 0 Å². The summed E-state index contributed by atoms with van der Waals surface area (Å²) in [5.41, 5.74) is 0. The molecule has 0 N–H and O–H groups in total. The largest absolute Gasteiger partial charge is 2.00 e. The van der Waals surface area contributed by atoms with Crippen LogP contribution in [0, 0.1) is 61.4 Å². The first-order chi connectivity index (χ1) is 7.97. The molecule has 0 fully saturated rings. The van der Waals surface area contributed by atoms with Crippen molar-refractivity contribution in [1.29, 1.82) is 31.6 Å². The molecule has 16 heteroatoms. The Labute approximate surface area is 204 Å². The van der Waals surface area contributed by atoms with Crippen LogP contribution >= 0.6 is 7.82 Å². The van der Waals surface area contributed by atoms with Gasteiger partial charge >= 0.3 is 180 Å². The molecule has 0 aliphatic rings. The normalized spacial score (nSPS) is 10.6. The molecule has 0 aromatic carbocycles. The van der Waals surface area contributed by atoms with Crippen molar-refractivity contribution in [3.63, 3.8) is 0 Å². The van der Waals surface area contributed by atoms with E-state index in [4.69, 9.17) is 50.8 Å². The number of rotatable bonds is 0. The molecule has 0 atom stereocenters. The summed E-state index contributed by atoms with van der Waals surface area (Å²) in [7, 11) is -11.6. The quantitative estimate of drug-likeness (QED) is 0.257. The summed E-state index contributed by atoms with van der Waals surface area (Å²) in [4.78, 5) is 31.8. The molecular formula is C6H2CoFeN6Na3O4P. The molecule has 0 aliphatic heterocycles. The van der Waals surface area contributed by atoms with Gasteiger partial charge in [-0.3, -0.25) is 0 Å². The van der Waals surface area contributed by atoms with E-state index in [-0.39, 0.29) is 108 Å². The van der Waals surface area contributed by atoms with Crippen LogP contribution in [-0.4, -0.2) is 0 Å². The van der Waals surface area contributed by atoms with Crippen molar-refractivity contribution in [2.75, 3.05) is 0 Å². The van der Waals surface area contributed by atoms with E-state index in [0.717, 1.165) is 29.8 Å². The molecule has 0 aliphatic carbocycles. The Morgan fingerprint density at radius 1 is 0.682 bits per heavy atom. The number of phosphoric acid groups is 1. The third kappa shape index (κ3) is 8.80. The summed E-state index contributed by atoms with van der Waals surface area (Å²) in [6.45, 7) is 0. The van der Waals surface area contributed by atoms with Gasteiger partial charge in [0.2, 0.25) is 0 Å². The molecule has 0 aromatic heterocycles. The summed E-state index contributed by atoms with van der Waals surface area (Å²) in [5, 5.41) is 51.5. The summed E-state index contributed by atoms with van der Waals surface area (Å²) in [6, 6.07) is 0. The molecule has 0 aromatic rings. The fourth-order valence-corrected chi connectivity index (χ4v) is 1.09. The Bertz CT molecular complexity index is 559. The van der Waals surface area contributed by atoms with Crippen LogP contribution in [0.5, 0.6) is 0 Å². The third-order valence-corrected chi connectivity index (χ3v) is 4.89. The van der Waals surface area contributed by atoms with Gasteiger partial charge in [-0.2, -0.15) is 7.82 Å². The first-order valence-corrected chi connectivity index (χ1v) is 7.91. The van der Waals surface area contributed by atoms with E-state index in [0.29, 0.717) is 0 Å². The first-order valence-electron chi connectivity index (χ1n) is 3.13. The topological polar surface area (TPSA) is 229 Å². The predicted molar refractivity (Wildman–Crippen MR) is 43.5 cm³/mol. The van der Waals surface area contributed by atoms with Gasteiger partial charge in [0.1, 0.15) is 0 Å². The molecule has 0 spiro atoms. The van der Waals surface area contributed by atoms with Gasteiger partial charge < -0.3 is 19.2 Å². The molecule has 0 saturated carbocycles. The zero-order valence-electron chi connectivity index (χ0n) is 13.5. The average molecular weight is 437 g/mol. The maximum Gasteiger partial charge on any atom is 2.00 e. The van der Waals surface area contributed by atoms with E-state index in [9.17, 15) is 0 Å². The van der Waals surface area contributed by atoms with Gasteiger partial charge in [0.05, 0.1) is 0 Å². The maximum absolute atomic E-state index is 8.58. The third-order valence-electron chi connectivity index (χ3n) is 1.19. The van der Waals surface area contributed by atoms with Crippen LogP contribution in [0.1, 0.15) is 2.85 Å². The Morgan fingerprint density at radius 3 is 0.773 bits per heavy atom. The van der Waals surface area contributed by atoms with Crippen molar-refractivity contribution in [1.82, 2.24) is 0 Å². The minimum atomic E-state index is -6.17. The average Bonchev–Trinajstić information content (AvgIpc) is 2.34. The number of hydrogen-bond donors (Lipinski definition) is 0. The standard InChI is InChI=1S/6CN.Co.Fe.3Na.H3O4P/c6*1-2;;;;;;1-5(2,3)4/h;;;;;;;;;;;(H3,1,2,3,4)/q;;;;;;+2;-4;3*+1;/p-1. The number of hydrogen-bond acceptors (Lipinski definition) is 10. The van der Waals surface area contributed by atoms with Crippen molar-refractivity contribution >= 4 is 7.82 Å². The minimum absolute atomic E-state index is 0. The van der Waals surface area contributed by atoms with E-state index < -0.39 is 18.6 Å². The molecule has 0 unspecified atom stereocenters. The van der Waals surface area contributed by atoms with Crippen LogP contribution in [-0.2, 0) is 32.1 Å². The van der Waals surface area contributed by atoms with Crippen molar-refractivity contribution < 1.29 is 138 Å². The summed E-state index contributed by atoms with van der Waals surface area (Å²) < 4.78 is 8.55. The van der Waals surface area contributed by atoms with Gasteiger partial charge in [0.25, 0.3) is 0 Å². The van der Waals surface area contributed by atoms with Crippen LogP contribution in [0.4, 0.5) is 0 Å². The molecule has 10 nitrogen and oxygen atoms in total. The first kappa shape index (κ1) is 38.6. The molecule has 0 amide bonds. The van der Waals surface area contributed by atoms with Crippen LogP contribution in [0.3, 0.4) is 0 Å². The smallest absolute Gasteiger partial charge is 0.822 e. The zero-order valence-corrected chi connectivity index (χ0v) is 20.5. The summed E-state index contributed by atoms with van der Waals surface area (Å²) in [6.07, 6.45) is 0. The fourth-order valence-electron chi connectivity index (χ4n) is 0.265. The minimum Gasteiger partial charge on any atom is -0.822 e. The molecule has 0 saturated heterocycles. The van der Waals surface area contributed by atoms with E-state index in [2.05, 4.69) is 0 Å². The van der Waals surface area contributed by atoms with E-state index in [1.807, 2.05) is 0 Å². The predicted octanol–water partition coefficient (Wildman–Crippen LogP) is -11.5. The molecule has 105 valence electrons. The van der Waals surface area contributed by atoms with Crippen molar-refractivity contribution in [3.8, 4) is 29.8 Å². The van der Waals surface area contributed by atoms with Gasteiger partial charge in [-0.15, -0.1) is 0 Å². The van der Waals surface area contributed by atoms with Crippen LogP contribution in [0.25, 0.3) is 0 Å². The second-order valence-corrected chi connectivity index (χ2v) is 8.76. The Balaban J connectivity index is -0.0000000347. The van der Waals surface area contributed by atoms with E-state index >= 15 is 0 Å². The SMILES string of the molecule is N#[C][Fe-4]([C]#N)([C]#N)([C]#N)([C]#N)[C]#N.O=P([O-])([O-])[O-].[Co+2].[H+].[H+].[Na+].[Na+].[Na+]. The van der Waals surface area contributed by atoms with Gasteiger partial charge in [-0.1, -0.05) is 0 Å². The number of nitriles is 6. The second kappa shape index (κ2) is 12.4. The van der Waals surface area contributed by atoms with Crippen LogP contribution < -0.4 is 103 Å². The molecule has 0 rings (SSSR count). The van der Waals surface area contributed by atoms with Crippen LogP contribution in [0.2, 0.25) is 0 Å². The Hall–Kier alpha value is 1.08. The van der Waals surface area contributed by atoms with Crippen molar-refractivity contribution in [2.45, 2.75) is 0 Å². The molecule has 0 bridgehead atoms. The monoisotopic (exact) mass is 437 g/mol. The maximum atomic E-state index is 8.58. The summed E-state index contributed by atoms with van der Waals surface area (Å²) in [5.74, 6) is 0. The second-order valence-electron chi connectivity index (χ2n) is 2.25. The number of nitrogens with zero attached hydrogens (tertiary/aromatic N) is 6.